The molecule has 2 aromatic rings. The Labute approximate surface area is 122 Å². The summed E-state index contributed by atoms with van der Waals surface area (Å²) in [5.74, 6) is -0.0886. The van der Waals surface area contributed by atoms with E-state index in [0.29, 0.717) is 17.0 Å². The monoisotopic (exact) mass is 282 g/mol. The lowest BCUT2D eigenvalue weighted by atomic mass is 10.1. The maximum atomic E-state index is 12.5. The van der Waals surface area contributed by atoms with Crippen molar-refractivity contribution in [3.63, 3.8) is 0 Å². The number of aromatic hydroxyl groups is 1. The zero-order valence-corrected chi connectivity index (χ0v) is 11.7. The normalized spacial score (nSPS) is 9.76. The molecule has 5 heteroatoms. The zero-order valence-electron chi connectivity index (χ0n) is 11.7. The van der Waals surface area contributed by atoms with Gasteiger partial charge in [-0.3, -0.25) is 4.79 Å². The second kappa shape index (κ2) is 5.97. The van der Waals surface area contributed by atoms with Gasteiger partial charge in [0.05, 0.1) is 23.9 Å². The van der Waals surface area contributed by atoms with E-state index in [9.17, 15) is 9.90 Å². The van der Waals surface area contributed by atoms with Gasteiger partial charge in [-0.2, -0.15) is 5.26 Å². The van der Waals surface area contributed by atoms with Crippen molar-refractivity contribution in [3.8, 4) is 17.6 Å². The predicted octanol–water partition coefficient (Wildman–Crippen LogP) is 2.55. The summed E-state index contributed by atoms with van der Waals surface area (Å²) in [6.45, 7) is 0. The third-order valence-electron chi connectivity index (χ3n) is 3.12. The molecule has 5 nitrogen and oxygen atoms in total. The fourth-order valence-corrected chi connectivity index (χ4v) is 1.96. The van der Waals surface area contributed by atoms with Crippen LogP contribution < -0.4 is 9.64 Å². The highest BCUT2D eigenvalue weighted by Gasteiger charge is 2.19. The number of methoxy groups -OCH3 is 1. The Hall–Kier alpha value is -3.00. The van der Waals surface area contributed by atoms with Crippen molar-refractivity contribution in [2.75, 3.05) is 19.1 Å². The molecule has 0 unspecified atom stereocenters. The van der Waals surface area contributed by atoms with Gasteiger partial charge in [0.25, 0.3) is 5.91 Å². The third-order valence-corrected chi connectivity index (χ3v) is 3.12. The number of nitrogens with zero attached hydrogens (tertiary/aromatic N) is 2. The Morgan fingerprint density at radius 2 is 2.00 bits per heavy atom. The highest BCUT2D eigenvalue weighted by atomic mass is 16.5. The van der Waals surface area contributed by atoms with Gasteiger partial charge in [0.1, 0.15) is 17.6 Å². The number of anilines is 1. The third kappa shape index (κ3) is 2.79. The standard InChI is InChI=1S/C16H14N2O3/c1-18(14-6-4-3-5-11(14)10-17)16(20)13-9-12(21-2)7-8-15(13)19/h3-9,19H,1-2H3. The molecule has 2 rings (SSSR count). The van der Waals surface area contributed by atoms with Crippen molar-refractivity contribution < 1.29 is 14.6 Å². The number of rotatable bonds is 3. The molecule has 0 bridgehead atoms. The van der Waals surface area contributed by atoms with Crippen LogP contribution in [-0.4, -0.2) is 25.2 Å². The lowest BCUT2D eigenvalue weighted by Crippen LogP contribution is -2.27. The first-order valence-electron chi connectivity index (χ1n) is 6.22. The van der Waals surface area contributed by atoms with E-state index in [2.05, 4.69) is 0 Å². The molecule has 0 fully saturated rings. The van der Waals surface area contributed by atoms with Crippen molar-refractivity contribution in [2.45, 2.75) is 0 Å². The number of ether oxygens (including phenoxy) is 1. The van der Waals surface area contributed by atoms with E-state index < -0.39 is 5.91 Å². The average Bonchev–Trinajstić information content (AvgIpc) is 2.54. The van der Waals surface area contributed by atoms with Crippen LogP contribution in [-0.2, 0) is 0 Å². The number of nitriles is 1. The molecule has 0 aliphatic rings. The van der Waals surface area contributed by atoms with Gasteiger partial charge in [-0.25, -0.2) is 0 Å². The molecule has 2 aromatic carbocycles. The lowest BCUT2D eigenvalue weighted by Gasteiger charge is -2.19. The summed E-state index contributed by atoms with van der Waals surface area (Å²) in [5.41, 5.74) is 0.979. The smallest absolute Gasteiger partial charge is 0.261 e. The fraction of sp³-hybridized carbons (Fsp3) is 0.125. The molecule has 1 amide bonds. The molecule has 1 N–H and O–H groups in total. The van der Waals surface area contributed by atoms with Crippen molar-refractivity contribution in [3.05, 3.63) is 53.6 Å². The predicted molar refractivity (Wildman–Crippen MR) is 78.5 cm³/mol. The average molecular weight is 282 g/mol. The zero-order chi connectivity index (χ0) is 15.4. The largest absolute Gasteiger partial charge is 0.507 e. The summed E-state index contributed by atoms with van der Waals surface area (Å²) in [6, 6.07) is 13.2. The van der Waals surface area contributed by atoms with Crippen LogP contribution in [0.15, 0.2) is 42.5 Å². The number of benzene rings is 2. The van der Waals surface area contributed by atoms with Gasteiger partial charge >= 0.3 is 0 Å². The molecule has 0 saturated heterocycles. The number of carbonyl (C=O) groups is 1. The lowest BCUT2D eigenvalue weighted by molar-refractivity contribution is 0.0990. The van der Waals surface area contributed by atoms with E-state index in [-0.39, 0.29) is 11.3 Å². The quantitative estimate of drug-likeness (QED) is 0.938. The van der Waals surface area contributed by atoms with Crippen LogP contribution in [0.4, 0.5) is 5.69 Å². The number of carbonyl (C=O) groups excluding carboxylic acids is 1. The van der Waals surface area contributed by atoms with Gasteiger partial charge in [0, 0.05) is 7.05 Å². The summed E-state index contributed by atoms with van der Waals surface area (Å²) in [5, 5.41) is 19.0. The highest BCUT2D eigenvalue weighted by molar-refractivity contribution is 6.08. The number of phenols is 1. The molecule has 0 aliphatic heterocycles. The molecule has 0 aliphatic carbocycles. The van der Waals surface area contributed by atoms with Crippen LogP contribution in [0.1, 0.15) is 15.9 Å². The molecular formula is C16H14N2O3. The Balaban J connectivity index is 2.42. The van der Waals surface area contributed by atoms with Crippen LogP contribution in [0.25, 0.3) is 0 Å². The highest BCUT2D eigenvalue weighted by Crippen LogP contribution is 2.27. The number of phenolic OH excluding ortho intramolecular Hbond substituents is 1. The summed E-state index contributed by atoms with van der Waals surface area (Å²) in [7, 11) is 3.03. The number of amides is 1. The SMILES string of the molecule is COc1ccc(O)c(C(=O)N(C)c2ccccc2C#N)c1. The van der Waals surface area contributed by atoms with Gasteiger partial charge < -0.3 is 14.7 Å². The van der Waals surface area contributed by atoms with Crippen molar-refractivity contribution in [1.29, 1.82) is 5.26 Å². The van der Waals surface area contributed by atoms with Crippen LogP contribution in [0.2, 0.25) is 0 Å². The molecule has 0 spiro atoms. The van der Waals surface area contributed by atoms with Crippen molar-refractivity contribution in [2.24, 2.45) is 0 Å². The van der Waals surface area contributed by atoms with E-state index in [0.717, 1.165) is 0 Å². The summed E-state index contributed by atoms with van der Waals surface area (Å²) in [6.07, 6.45) is 0. The Bertz CT molecular complexity index is 720. The number of hydrogen-bond acceptors (Lipinski definition) is 4. The van der Waals surface area contributed by atoms with Crippen LogP contribution in [0.5, 0.6) is 11.5 Å². The second-order valence-electron chi connectivity index (χ2n) is 4.38. The minimum atomic E-state index is -0.422. The van der Waals surface area contributed by atoms with Crippen LogP contribution in [0, 0.1) is 11.3 Å². The Morgan fingerprint density at radius 3 is 2.67 bits per heavy atom. The van der Waals surface area contributed by atoms with Gasteiger partial charge in [-0.15, -0.1) is 0 Å². The van der Waals surface area contributed by atoms with Crippen molar-refractivity contribution in [1.82, 2.24) is 0 Å². The Kier molecular flexibility index (Phi) is 4.10. The van der Waals surface area contributed by atoms with E-state index in [1.54, 1.807) is 37.4 Å². The van der Waals surface area contributed by atoms with E-state index in [1.807, 2.05) is 6.07 Å². The second-order valence-corrected chi connectivity index (χ2v) is 4.38. The van der Waals surface area contributed by atoms with E-state index in [1.165, 1.54) is 24.1 Å². The van der Waals surface area contributed by atoms with Crippen molar-refractivity contribution >= 4 is 11.6 Å². The molecule has 106 valence electrons. The van der Waals surface area contributed by atoms with Crippen LogP contribution in [0.3, 0.4) is 0 Å². The molecule has 0 heterocycles. The maximum absolute atomic E-state index is 12.5. The van der Waals surface area contributed by atoms with Crippen LogP contribution >= 0.6 is 0 Å². The maximum Gasteiger partial charge on any atom is 0.261 e. The van der Waals surface area contributed by atoms with Gasteiger partial charge in [0.2, 0.25) is 0 Å². The summed E-state index contributed by atoms with van der Waals surface area (Å²) in [4.78, 5) is 13.8. The number of para-hydroxylation sites is 1. The molecule has 0 saturated carbocycles. The molecule has 0 atom stereocenters. The van der Waals surface area contributed by atoms with Gasteiger partial charge in [0.15, 0.2) is 0 Å². The Morgan fingerprint density at radius 1 is 1.29 bits per heavy atom. The van der Waals surface area contributed by atoms with E-state index >= 15 is 0 Å². The first-order chi connectivity index (χ1) is 10.1. The van der Waals surface area contributed by atoms with Gasteiger partial charge in [-0.05, 0) is 30.3 Å². The van der Waals surface area contributed by atoms with E-state index in [4.69, 9.17) is 10.00 Å². The first kappa shape index (κ1) is 14.4. The minimum Gasteiger partial charge on any atom is -0.507 e. The molecular weight excluding hydrogens is 268 g/mol. The topological polar surface area (TPSA) is 73.6 Å². The summed E-state index contributed by atoms with van der Waals surface area (Å²) < 4.78 is 5.06. The minimum absolute atomic E-state index is 0.115. The van der Waals surface area contributed by atoms with Gasteiger partial charge in [-0.1, -0.05) is 12.1 Å². The molecule has 21 heavy (non-hydrogen) atoms. The molecule has 0 radical (unpaired) electrons. The number of hydrogen-bond donors (Lipinski definition) is 1. The summed E-state index contributed by atoms with van der Waals surface area (Å²) >= 11 is 0. The molecule has 0 aromatic heterocycles. The first-order valence-corrected chi connectivity index (χ1v) is 6.22. The fourth-order valence-electron chi connectivity index (χ4n) is 1.96.